The van der Waals surface area contributed by atoms with Gasteiger partial charge in [0.05, 0.1) is 20.3 Å². The van der Waals surface area contributed by atoms with Gasteiger partial charge < -0.3 is 19.5 Å². The first-order chi connectivity index (χ1) is 11.3. The van der Waals surface area contributed by atoms with Crippen molar-refractivity contribution in [3.8, 4) is 11.5 Å². The molecule has 0 amide bonds. The average molecular weight is 314 g/mol. The second-order valence-electron chi connectivity index (χ2n) is 5.55. The minimum absolute atomic E-state index is 0.124. The summed E-state index contributed by atoms with van der Waals surface area (Å²) >= 11 is 0. The maximum atomic E-state index is 5.95. The summed E-state index contributed by atoms with van der Waals surface area (Å²) in [6.07, 6.45) is 4.70. The quantitative estimate of drug-likeness (QED) is 0.851. The van der Waals surface area contributed by atoms with Gasteiger partial charge in [-0.15, -0.1) is 0 Å². The van der Waals surface area contributed by atoms with Gasteiger partial charge in [0.25, 0.3) is 0 Å². The lowest BCUT2D eigenvalue weighted by Crippen LogP contribution is -2.16. The maximum Gasteiger partial charge on any atom is 0.161 e. The summed E-state index contributed by atoms with van der Waals surface area (Å²) in [5.74, 6) is 1.54. The van der Waals surface area contributed by atoms with Crippen LogP contribution in [-0.4, -0.2) is 31.4 Å². The number of methoxy groups -OCH3 is 1. The fourth-order valence-corrected chi connectivity index (χ4v) is 2.56. The Morgan fingerprint density at radius 3 is 2.87 bits per heavy atom. The third kappa shape index (κ3) is 4.43. The van der Waals surface area contributed by atoms with Crippen LogP contribution in [0.25, 0.3) is 0 Å². The zero-order chi connectivity index (χ0) is 15.9. The van der Waals surface area contributed by atoms with Gasteiger partial charge in [-0.2, -0.15) is 0 Å². The summed E-state index contributed by atoms with van der Waals surface area (Å²) in [6.45, 7) is 2.97. The predicted molar refractivity (Wildman–Crippen MR) is 87.6 cm³/mol. The molecule has 5 nitrogen and oxygen atoms in total. The van der Waals surface area contributed by atoms with Gasteiger partial charge >= 0.3 is 0 Å². The van der Waals surface area contributed by atoms with E-state index in [4.69, 9.17) is 14.2 Å². The second kappa shape index (κ2) is 7.94. The van der Waals surface area contributed by atoms with Crippen molar-refractivity contribution in [2.45, 2.75) is 25.6 Å². The minimum Gasteiger partial charge on any atom is -0.493 e. The van der Waals surface area contributed by atoms with E-state index in [9.17, 15) is 0 Å². The number of ether oxygens (including phenoxy) is 3. The number of nitrogens with one attached hydrogen (secondary N) is 1. The van der Waals surface area contributed by atoms with Crippen molar-refractivity contribution in [1.29, 1.82) is 0 Å². The zero-order valence-electron chi connectivity index (χ0n) is 13.3. The van der Waals surface area contributed by atoms with E-state index in [0.29, 0.717) is 6.61 Å². The van der Waals surface area contributed by atoms with Crippen molar-refractivity contribution < 1.29 is 14.2 Å². The molecule has 122 valence electrons. The largest absolute Gasteiger partial charge is 0.493 e. The lowest BCUT2D eigenvalue weighted by atomic mass is 10.2. The molecule has 1 saturated heterocycles. The average Bonchev–Trinajstić information content (AvgIpc) is 3.10. The maximum absolute atomic E-state index is 5.95. The van der Waals surface area contributed by atoms with Gasteiger partial charge in [0.15, 0.2) is 11.5 Å². The van der Waals surface area contributed by atoms with Gasteiger partial charge in [-0.1, -0.05) is 12.1 Å². The van der Waals surface area contributed by atoms with E-state index in [2.05, 4.69) is 22.4 Å². The molecule has 3 rings (SSSR count). The summed E-state index contributed by atoms with van der Waals surface area (Å²) in [7, 11) is 1.67. The summed E-state index contributed by atoms with van der Waals surface area (Å²) < 4.78 is 16.7. The van der Waals surface area contributed by atoms with Crippen LogP contribution in [0.1, 0.15) is 17.5 Å². The van der Waals surface area contributed by atoms with Gasteiger partial charge in [-0.05, 0) is 29.3 Å². The van der Waals surface area contributed by atoms with Crippen LogP contribution in [0.5, 0.6) is 11.5 Å². The Bertz CT molecular complexity index is 613. The Labute approximate surface area is 136 Å². The molecule has 2 heterocycles. The topological polar surface area (TPSA) is 52.6 Å². The van der Waals surface area contributed by atoms with Crippen LogP contribution in [0.4, 0.5) is 0 Å². The molecule has 0 saturated carbocycles. The summed E-state index contributed by atoms with van der Waals surface area (Å²) in [5, 5.41) is 3.41. The van der Waals surface area contributed by atoms with Crippen molar-refractivity contribution in [2.24, 2.45) is 0 Å². The molecule has 1 aromatic carbocycles. The number of aromatic nitrogens is 1. The van der Waals surface area contributed by atoms with Crippen molar-refractivity contribution in [1.82, 2.24) is 10.3 Å². The van der Waals surface area contributed by atoms with Crippen LogP contribution in [0.2, 0.25) is 0 Å². The van der Waals surface area contributed by atoms with Gasteiger partial charge in [-0.3, -0.25) is 4.98 Å². The number of hydrogen-bond donors (Lipinski definition) is 1. The van der Waals surface area contributed by atoms with E-state index in [-0.39, 0.29) is 6.10 Å². The van der Waals surface area contributed by atoms with Crippen molar-refractivity contribution in [2.75, 3.05) is 20.3 Å². The van der Waals surface area contributed by atoms with E-state index in [0.717, 1.165) is 43.2 Å². The molecule has 1 atom stereocenters. The van der Waals surface area contributed by atoms with Gasteiger partial charge in [0.1, 0.15) is 6.10 Å². The molecule has 0 aliphatic carbocycles. The van der Waals surface area contributed by atoms with E-state index >= 15 is 0 Å². The number of hydrogen-bond acceptors (Lipinski definition) is 5. The summed E-state index contributed by atoms with van der Waals surface area (Å²) in [4.78, 5) is 4.11. The Balaban J connectivity index is 1.57. The van der Waals surface area contributed by atoms with Crippen LogP contribution >= 0.6 is 0 Å². The van der Waals surface area contributed by atoms with E-state index in [1.807, 2.05) is 24.4 Å². The molecule has 1 N–H and O–H groups in total. The van der Waals surface area contributed by atoms with Crippen LogP contribution in [0.3, 0.4) is 0 Å². The molecular formula is C18H22N2O3. The van der Waals surface area contributed by atoms with Crippen molar-refractivity contribution in [3.05, 3.63) is 53.9 Å². The molecule has 1 aliphatic heterocycles. The number of nitrogens with zero attached hydrogens (tertiary/aromatic N) is 1. The highest BCUT2D eigenvalue weighted by Gasteiger charge is 2.19. The monoisotopic (exact) mass is 314 g/mol. The van der Waals surface area contributed by atoms with E-state index in [1.54, 1.807) is 13.3 Å². The van der Waals surface area contributed by atoms with Gasteiger partial charge in [0, 0.05) is 31.9 Å². The summed E-state index contributed by atoms with van der Waals surface area (Å²) in [6, 6.07) is 10.0. The highest BCUT2D eigenvalue weighted by atomic mass is 16.6. The number of pyridine rings is 1. The molecule has 0 bridgehead atoms. The first kappa shape index (κ1) is 15.8. The Hall–Kier alpha value is -2.11. The van der Waals surface area contributed by atoms with Crippen LogP contribution < -0.4 is 14.8 Å². The molecule has 1 aromatic heterocycles. The fourth-order valence-electron chi connectivity index (χ4n) is 2.56. The number of rotatable bonds is 7. The molecular weight excluding hydrogens is 292 g/mol. The lowest BCUT2D eigenvalue weighted by Gasteiger charge is -2.16. The minimum atomic E-state index is 0.124. The molecule has 1 fully saturated rings. The van der Waals surface area contributed by atoms with Crippen LogP contribution in [-0.2, 0) is 17.8 Å². The fraction of sp³-hybridized carbons (Fsp3) is 0.389. The van der Waals surface area contributed by atoms with Crippen molar-refractivity contribution >= 4 is 0 Å². The number of benzene rings is 1. The lowest BCUT2D eigenvalue weighted by molar-refractivity contribution is 0.138. The zero-order valence-corrected chi connectivity index (χ0v) is 13.3. The highest BCUT2D eigenvalue weighted by molar-refractivity contribution is 5.43. The SMILES string of the molecule is COc1cc(CNCc2cccnc2)ccc1O[C@@H]1CCOC1. The first-order valence-corrected chi connectivity index (χ1v) is 7.86. The molecule has 0 radical (unpaired) electrons. The second-order valence-corrected chi connectivity index (χ2v) is 5.55. The van der Waals surface area contributed by atoms with Gasteiger partial charge in [0.2, 0.25) is 0 Å². The van der Waals surface area contributed by atoms with Crippen LogP contribution in [0, 0.1) is 0 Å². The standard InChI is InChI=1S/C18H22N2O3/c1-21-18-9-14(10-20-12-15-3-2-7-19-11-15)4-5-17(18)23-16-6-8-22-13-16/h2-5,7,9,11,16,20H,6,8,10,12-13H2,1H3/t16-/m1/s1. The normalized spacial score (nSPS) is 17.2. The van der Waals surface area contributed by atoms with E-state index in [1.165, 1.54) is 5.56 Å². The third-order valence-electron chi connectivity index (χ3n) is 3.79. The molecule has 23 heavy (non-hydrogen) atoms. The molecule has 5 heteroatoms. The first-order valence-electron chi connectivity index (χ1n) is 7.86. The molecule has 0 unspecified atom stereocenters. The van der Waals surface area contributed by atoms with Gasteiger partial charge in [-0.25, -0.2) is 0 Å². The third-order valence-corrected chi connectivity index (χ3v) is 3.79. The molecule has 2 aromatic rings. The summed E-state index contributed by atoms with van der Waals surface area (Å²) in [5.41, 5.74) is 2.32. The molecule has 1 aliphatic rings. The Morgan fingerprint density at radius 2 is 2.13 bits per heavy atom. The smallest absolute Gasteiger partial charge is 0.161 e. The highest BCUT2D eigenvalue weighted by Crippen LogP contribution is 2.30. The Morgan fingerprint density at radius 1 is 1.22 bits per heavy atom. The van der Waals surface area contributed by atoms with E-state index < -0.39 is 0 Å². The molecule has 0 spiro atoms. The Kier molecular flexibility index (Phi) is 5.45. The van der Waals surface area contributed by atoms with Crippen molar-refractivity contribution in [3.63, 3.8) is 0 Å². The van der Waals surface area contributed by atoms with Crippen LogP contribution in [0.15, 0.2) is 42.7 Å². The predicted octanol–water partition coefficient (Wildman–Crippen LogP) is 2.55.